The van der Waals surface area contributed by atoms with Crippen molar-refractivity contribution in [2.24, 2.45) is 0 Å². The number of nitrogens with zero attached hydrogens (tertiary/aromatic N) is 2. The van der Waals surface area contributed by atoms with Crippen molar-refractivity contribution < 1.29 is 9.47 Å². The Kier molecular flexibility index (Phi) is 3.69. The maximum absolute atomic E-state index is 5.81. The van der Waals surface area contributed by atoms with Crippen molar-refractivity contribution in [1.29, 1.82) is 0 Å². The van der Waals surface area contributed by atoms with Gasteiger partial charge in [-0.3, -0.25) is 5.10 Å². The van der Waals surface area contributed by atoms with E-state index in [1.165, 1.54) is 5.56 Å². The number of hydrogen-bond acceptors (Lipinski definition) is 4. The van der Waals surface area contributed by atoms with Crippen LogP contribution in [0.2, 0.25) is 0 Å². The average molecular weight is 321 g/mol. The first-order valence-corrected chi connectivity index (χ1v) is 8.05. The zero-order valence-corrected chi connectivity index (χ0v) is 13.5. The third-order valence-electron chi connectivity index (χ3n) is 4.47. The van der Waals surface area contributed by atoms with E-state index in [-0.39, 0.29) is 5.41 Å². The minimum atomic E-state index is -0.0273. The zero-order valence-electron chi connectivity index (χ0n) is 13.5. The van der Waals surface area contributed by atoms with Gasteiger partial charge in [0.2, 0.25) is 0 Å². The molecule has 1 aliphatic rings. The third-order valence-corrected chi connectivity index (χ3v) is 4.47. The van der Waals surface area contributed by atoms with E-state index in [0.29, 0.717) is 18.1 Å². The van der Waals surface area contributed by atoms with Gasteiger partial charge in [0.1, 0.15) is 6.61 Å². The highest BCUT2D eigenvalue weighted by molar-refractivity contribution is 5.40. The van der Waals surface area contributed by atoms with Crippen LogP contribution in [0.1, 0.15) is 30.1 Å². The van der Waals surface area contributed by atoms with Gasteiger partial charge < -0.3 is 9.47 Å². The van der Waals surface area contributed by atoms with Crippen LogP contribution >= 0.6 is 0 Å². The molecule has 5 heteroatoms. The molecule has 5 nitrogen and oxygen atoms in total. The number of rotatable bonds is 6. The molecule has 0 saturated heterocycles. The van der Waals surface area contributed by atoms with Gasteiger partial charge in [0, 0.05) is 0 Å². The lowest BCUT2D eigenvalue weighted by Gasteiger charge is -2.11. The lowest BCUT2D eigenvalue weighted by Crippen LogP contribution is -2.11. The van der Waals surface area contributed by atoms with Crippen molar-refractivity contribution in [3.05, 3.63) is 71.8 Å². The molecule has 1 saturated carbocycles. The number of benzene rings is 2. The number of H-pyrrole nitrogens is 1. The monoisotopic (exact) mass is 321 g/mol. The summed E-state index contributed by atoms with van der Waals surface area (Å²) >= 11 is 0. The van der Waals surface area contributed by atoms with Gasteiger partial charge in [-0.25, -0.2) is 4.98 Å². The van der Waals surface area contributed by atoms with Gasteiger partial charge in [-0.1, -0.05) is 42.5 Å². The highest BCUT2D eigenvalue weighted by Gasteiger charge is 2.49. The molecule has 24 heavy (non-hydrogen) atoms. The van der Waals surface area contributed by atoms with E-state index in [9.17, 15) is 0 Å². The van der Waals surface area contributed by atoms with Gasteiger partial charge in [-0.05, 0) is 30.5 Å². The van der Waals surface area contributed by atoms with E-state index in [2.05, 4.69) is 39.4 Å². The van der Waals surface area contributed by atoms with Gasteiger partial charge in [0.15, 0.2) is 23.1 Å². The second-order valence-corrected chi connectivity index (χ2v) is 5.99. The van der Waals surface area contributed by atoms with E-state index < -0.39 is 0 Å². The molecular formula is C19H19N3O2. The number of para-hydroxylation sites is 2. The molecule has 1 fully saturated rings. The summed E-state index contributed by atoms with van der Waals surface area (Å²) < 4.78 is 11.1. The van der Waals surface area contributed by atoms with Crippen molar-refractivity contribution in [1.82, 2.24) is 15.2 Å². The zero-order chi connectivity index (χ0) is 16.4. The Labute approximate surface area is 140 Å². The molecular weight excluding hydrogens is 302 g/mol. The Balaban J connectivity index is 1.50. The van der Waals surface area contributed by atoms with Crippen molar-refractivity contribution >= 4 is 0 Å². The summed E-state index contributed by atoms with van der Waals surface area (Å²) in [5.74, 6) is 2.98. The lowest BCUT2D eigenvalue weighted by atomic mass is 9.95. The van der Waals surface area contributed by atoms with E-state index in [1.54, 1.807) is 7.11 Å². The Bertz CT molecular complexity index is 825. The van der Waals surface area contributed by atoms with E-state index >= 15 is 0 Å². The van der Waals surface area contributed by atoms with E-state index in [1.807, 2.05) is 30.3 Å². The van der Waals surface area contributed by atoms with Crippen molar-refractivity contribution in [2.45, 2.75) is 24.9 Å². The molecule has 0 unspecified atom stereocenters. The first-order valence-electron chi connectivity index (χ1n) is 8.05. The molecule has 4 rings (SSSR count). The smallest absolute Gasteiger partial charge is 0.162 e. The number of aromatic nitrogens is 3. The van der Waals surface area contributed by atoms with Crippen LogP contribution in [-0.4, -0.2) is 22.3 Å². The molecule has 0 atom stereocenters. The number of hydrogen-bond donors (Lipinski definition) is 1. The molecule has 122 valence electrons. The SMILES string of the molecule is COc1ccccc1OCc1nc(C2(c3ccccc3)CC2)n[nH]1. The van der Waals surface area contributed by atoms with E-state index in [4.69, 9.17) is 9.47 Å². The van der Waals surface area contributed by atoms with Crippen molar-refractivity contribution in [3.63, 3.8) is 0 Å². The predicted octanol–water partition coefficient (Wildman–Crippen LogP) is 3.47. The Morgan fingerprint density at radius 3 is 2.42 bits per heavy atom. The second kappa shape index (κ2) is 6.00. The summed E-state index contributed by atoms with van der Waals surface area (Å²) in [4.78, 5) is 4.66. The van der Waals surface area contributed by atoms with Crippen LogP contribution in [0.3, 0.4) is 0 Å². The average Bonchev–Trinajstić information content (AvgIpc) is 3.32. The minimum absolute atomic E-state index is 0.0273. The van der Waals surface area contributed by atoms with Crippen molar-refractivity contribution in [2.75, 3.05) is 7.11 Å². The maximum Gasteiger partial charge on any atom is 0.162 e. The Morgan fingerprint density at radius 2 is 1.71 bits per heavy atom. The molecule has 0 bridgehead atoms. The van der Waals surface area contributed by atoms with Crippen LogP contribution in [0.4, 0.5) is 0 Å². The van der Waals surface area contributed by atoms with Gasteiger partial charge >= 0.3 is 0 Å². The first kappa shape index (κ1) is 14.8. The number of methoxy groups -OCH3 is 1. The summed E-state index contributed by atoms with van der Waals surface area (Å²) in [7, 11) is 1.63. The number of aromatic amines is 1. The molecule has 0 amide bonds. The fraction of sp³-hybridized carbons (Fsp3) is 0.263. The van der Waals surface area contributed by atoms with Gasteiger partial charge in [-0.15, -0.1) is 0 Å². The third kappa shape index (κ3) is 2.62. The van der Waals surface area contributed by atoms with Gasteiger partial charge in [0.25, 0.3) is 0 Å². The highest BCUT2D eigenvalue weighted by atomic mass is 16.5. The molecule has 2 aromatic carbocycles. The number of nitrogens with one attached hydrogen (secondary N) is 1. The fourth-order valence-electron chi connectivity index (χ4n) is 2.98. The maximum atomic E-state index is 5.81. The molecule has 0 radical (unpaired) electrons. The Morgan fingerprint density at radius 1 is 1.00 bits per heavy atom. The minimum Gasteiger partial charge on any atom is -0.493 e. The summed E-state index contributed by atoms with van der Waals surface area (Å²) in [6.07, 6.45) is 2.17. The van der Waals surface area contributed by atoms with Gasteiger partial charge in [0.05, 0.1) is 12.5 Å². The van der Waals surface area contributed by atoms with Crippen LogP contribution < -0.4 is 9.47 Å². The molecule has 1 aliphatic carbocycles. The van der Waals surface area contributed by atoms with Crippen LogP contribution in [0, 0.1) is 0 Å². The summed E-state index contributed by atoms with van der Waals surface area (Å²) in [5, 5.41) is 7.44. The summed E-state index contributed by atoms with van der Waals surface area (Å²) in [6.45, 7) is 0.332. The molecule has 1 heterocycles. The standard InChI is InChI=1S/C19H19N3O2/c1-23-15-9-5-6-10-16(15)24-13-17-20-18(22-21-17)19(11-12-19)14-7-3-2-4-8-14/h2-10H,11-13H2,1H3,(H,20,21,22). The normalized spacial score (nSPS) is 15.0. The molecule has 1 aromatic heterocycles. The summed E-state index contributed by atoms with van der Waals surface area (Å²) in [6, 6.07) is 18.0. The van der Waals surface area contributed by atoms with Crippen LogP contribution in [-0.2, 0) is 12.0 Å². The molecule has 1 N–H and O–H groups in total. The van der Waals surface area contributed by atoms with Crippen molar-refractivity contribution in [3.8, 4) is 11.5 Å². The second-order valence-electron chi connectivity index (χ2n) is 5.99. The molecule has 3 aromatic rings. The summed E-state index contributed by atoms with van der Waals surface area (Å²) in [5.41, 5.74) is 1.25. The highest BCUT2D eigenvalue weighted by Crippen LogP contribution is 2.51. The quantitative estimate of drug-likeness (QED) is 0.755. The van der Waals surface area contributed by atoms with Gasteiger partial charge in [-0.2, -0.15) is 5.10 Å². The van der Waals surface area contributed by atoms with Crippen LogP contribution in [0.25, 0.3) is 0 Å². The topological polar surface area (TPSA) is 60.0 Å². The predicted molar refractivity (Wildman–Crippen MR) is 90.2 cm³/mol. The van der Waals surface area contributed by atoms with E-state index in [0.717, 1.165) is 24.5 Å². The van der Waals surface area contributed by atoms with Crippen LogP contribution in [0.15, 0.2) is 54.6 Å². The fourth-order valence-corrected chi connectivity index (χ4v) is 2.98. The first-order chi connectivity index (χ1) is 11.8. The lowest BCUT2D eigenvalue weighted by molar-refractivity contribution is 0.276. The largest absolute Gasteiger partial charge is 0.493 e. The molecule has 0 aliphatic heterocycles. The number of ether oxygens (including phenoxy) is 2. The Hall–Kier alpha value is -2.82. The van der Waals surface area contributed by atoms with Crippen LogP contribution in [0.5, 0.6) is 11.5 Å². The molecule has 0 spiro atoms.